The Morgan fingerprint density at radius 3 is 2.67 bits per heavy atom. The molecular weight excluding hydrogens is 212 g/mol. The van der Waals surface area contributed by atoms with E-state index in [-0.39, 0.29) is 0 Å². The largest absolute Gasteiger partial charge is 0.313 e. The second kappa shape index (κ2) is 5.82. The van der Waals surface area contributed by atoms with Gasteiger partial charge in [-0.05, 0) is 25.8 Å². The number of unbranched alkanes of at least 4 members (excludes halogenated alkanes) is 1. The molecular formula is C10H22N2O2S. The first-order valence-corrected chi connectivity index (χ1v) is 7.57. The zero-order valence-electron chi connectivity index (χ0n) is 9.70. The second-order valence-electron chi connectivity index (χ2n) is 4.27. The molecule has 15 heavy (non-hydrogen) atoms. The molecule has 1 aliphatic rings. The molecule has 0 spiro atoms. The van der Waals surface area contributed by atoms with Crippen molar-refractivity contribution in [2.45, 2.75) is 38.6 Å². The van der Waals surface area contributed by atoms with Gasteiger partial charge < -0.3 is 5.32 Å². The van der Waals surface area contributed by atoms with Crippen molar-refractivity contribution in [3.05, 3.63) is 0 Å². The molecule has 0 amide bonds. The van der Waals surface area contributed by atoms with E-state index in [0.29, 0.717) is 19.1 Å². The summed E-state index contributed by atoms with van der Waals surface area (Å²) in [5, 5.41) is 3.33. The van der Waals surface area contributed by atoms with Crippen LogP contribution in [0.15, 0.2) is 0 Å². The number of nitrogens with one attached hydrogen (secondary N) is 1. The maximum Gasteiger partial charge on any atom is 0.211 e. The average molecular weight is 234 g/mol. The van der Waals surface area contributed by atoms with E-state index < -0.39 is 10.0 Å². The van der Waals surface area contributed by atoms with Crippen LogP contribution in [0.3, 0.4) is 0 Å². The van der Waals surface area contributed by atoms with E-state index in [4.69, 9.17) is 0 Å². The van der Waals surface area contributed by atoms with Gasteiger partial charge in [0.25, 0.3) is 0 Å². The van der Waals surface area contributed by atoms with E-state index in [1.54, 1.807) is 4.31 Å². The molecule has 1 unspecified atom stereocenters. The molecule has 1 rings (SSSR count). The summed E-state index contributed by atoms with van der Waals surface area (Å²) < 4.78 is 24.7. The van der Waals surface area contributed by atoms with E-state index >= 15 is 0 Å². The van der Waals surface area contributed by atoms with Crippen LogP contribution in [-0.4, -0.2) is 44.7 Å². The molecule has 1 atom stereocenters. The maximum absolute atomic E-state index is 11.5. The molecule has 0 radical (unpaired) electrons. The SMILES string of the molecule is CCCCN(CC1CCCN1)S(C)(=O)=O. The van der Waals surface area contributed by atoms with Crippen molar-refractivity contribution in [3.63, 3.8) is 0 Å². The van der Waals surface area contributed by atoms with Crippen molar-refractivity contribution >= 4 is 10.0 Å². The first kappa shape index (κ1) is 12.9. The fraction of sp³-hybridized carbons (Fsp3) is 1.00. The van der Waals surface area contributed by atoms with E-state index in [2.05, 4.69) is 12.2 Å². The molecule has 90 valence electrons. The lowest BCUT2D eigenvalue weighted by atomic mass is 10.2. The molecule has 4 nitrogen and oxygen atoms in total. The predicted molar refractivity (Wildman–Crippen MR) is 62.3 cm³/mol. The van der Waals surface area contributed by atoms with Crippen molar-refractivity contribution in [2.75, 3.05) is 25.9 Å². The van der Waals surface area contributed by atoms with Crippen molar-refractivity contribution in [3.8, 4) is 0 Å². The first-order chi connectivity index (χ1) is 7.04. The topological polar surface area (TPSA) is 49.4 Å². The summed E-state index contributed by atoms with van der Waals surface area (Å²) in [5.74, 6) is 0. The Hall–Kier alpha value is -0.130. The minimum atomic E-state index is -3.03. The van der Waals surface area contributed by atoms with Gasteiger partial charge in [-0.3, -0.25) is 0 Å². The monoisotopic (exact) mass is 234 g/mol. The number of rotatable bonds is 6. The number of nitrogens with zero attached hydrogens (tertiary/aromatic N) is 1. The summed E-state index contributed by atoms with van der Waals surface area (Å²) in [4.78, 5) is 0. The molecule has 0 aliphatic carbocycles. The quantitative estimate of drug-likeness (QED) is 0.739. The zero-order valence-corrected chi connectivity index (χ0v) is 10.5. The van der Waals surface area contributed by atoms with E-state index in [0.717, 1.165) is 32.2 Å². The second-order valence-corrected chi connectivity index (χ2v) is 6.25. The number of hydrogen-bond donors (Lipinski definition) is 1. The molecule has 0 aromatic carbocycles. The lowest BCUT2D eigenvalue weighted by molar-refractivity contribution is 0.366. The van der Waals surface area contributed by atoms with Crippen LogP contribution in [0, 0.1) is 0 Å². The van der Waals surface area contributed by atoms with Crippen LogP contribution in [0.2, 0.25) is 0 Å². The van der Waals surface area contributed by atoms with Gasteiger partial charge in [-0.15, -0.1) is 0 Å². The zero-order chi connectivity index (χ0) is 11.3. The van der Waals surface area contributed by atoms with E-state index in [9.17, 15) is 8.42 Å². The van der Waals surface area contributed by atoms with Gasteiger partial charge in [-0.25, -0.2) is 12.7 Å². The fourth-order valence-electron chi connectivity index (χ4n) is 1.89. The molecule has 1 N–H and O–H groups in total. The molecule has 1 saturated heterocycles. The molecule has 0 aromatic heterocycles. The highest BCUT2D eigenvalue weighted by Crippen LogP contribution is 2.10. The van der Waals surface area contributed by atoms with Gasteiger partial charge in [-0.2, -0.15) is 0 Å². The molecule has 1 fully saturated rings. The van der Waals surface area contributed by atoms with Gasteiger partial charge in [0.2, 0.25) is 10.0 Å². The average Bonchev–Trinajstić information content (AvgIpc) is 2.62. The van der Waals surface area contributed by atoms with Crippen LogP contribution < -0.4 is 5.32 Å². The Morgan fingerprint density at radius 2 is 2.20 bits per heavy atom. The summed E-state index contributed by atoms with van der Waals surface area (Å²) in [7, 11) is -3.03. The van der Waals surface area contributed by atoms with Gasteiger partial charge >= 0.3 is 0 Å². The molecule has 0 bridgehead atoms. The predicted octanol–water partition coefficient (Wildman–Crippen LogP) is 0.800. The number of sulfonamides is 1. The first-order valence-electron chi connectivity index (χ1n) is 5.72. The van der Waals surface area contributed by atoms with Gasteiger partial charge in [-0.1, -0.05) is 13.3 Å². The lowest BCUT2D eigenvalue weighted by Crippen LogP contribution is -2.41. The van der Waals surface area contributed by atoms with Crippen LogP contribution in [0.4, 0.5) is 0 Å². The summed E-state index contributed by atoms with van der Waals surface area (Å²) in [6, 6.07) is 0.358. The summed E-state index contributed by atoms with van der Waals surface area (Å²) >= 11 is 0. The third-order valence-electron chi connectivity index (χ3n) is 2.82. The Balaban J connectivity index is 2.48. The Bertz CT molecular complexity index is 271. The summed E-state index contributed by atoms with van der Waals surface area (Å²) in [5.41, 5.74) is 0. The summed E-state index contributed by atoms with van der Waals surface area (Å²) in [6.45, 7) is 4.40. The molecule has 0 aromatic rings. The summed E-state index contributed by atoms with van der Waals surface area (Å²) in [6.07, 6.45) is 5.54. The Morgan fingerprint density at radius 1 is 1.47 bits per heavy atom. The van der Waals surface area contributed by atoms with Crippen molar-refractivity contribution in [2.24, 2.45) is 0 Å². The highest BCUT2D eigenvalue weighted by atomic mass is 32.2. The van der Waals surface area contributed by atoms with E-state index in [1.165, 1.54) is 6.26 Å². The normalized spacial score (nSPS) is 22.5. The highest BCUT2D eigenvalue weighted by Gasteiger charge is 2.22. The van der Waals surface area contributed by atoms with Crippen molar-refractivity contribution in [1.82, 2.24) is 9.62 Å². The van der Waals surface area contributed by atoms with Crippen LogP contribution in [-0.2, 0) is 10.0 Å². The maximum atomic E-state index is 11.5. The van der Waals surface area contributed by atoms with Crippen LogP contribution in [0.25, 0.3) is 0 Å². The molecule has 5 heteroatoms. The van der Waals surface area contributed by atoms with Crippen LogP contribution >= 0.6 is 0 Å². The smallest absolute Gasteiger partial charge is 0.211 e. The number of hydrogen-bond acceptors (Lipinski definition) is 3. The molecule has 0 saturated carbocycles. The van der Waals surface area contributed by atoms with Gasteiger partial charge in [0.05, 0.1) is 6.26 Å². The van der Waals surface area contributed by atoms with Crippen molar-refractivity contribution in [1.29, 1.82) is 0 Å². The standard InChI is InChI=1S/C10H22N2O2S/c1-3-4-8-12(15(2,13)14)9-10-6-5-7-11-10/h10-11H,3-9H2,1-2H3. The minimum Gasteiger partial charge on any atom is -0.313 e. The lowest BCUT2D eigenvalue weighted by Gasteiger charge is -2.23. The van der Waals surface area contributed by atoms with Crippen LogP contribution in [0.1, 0.15) is 32.6 Å². The highest BCUT2D eigenvalue weighted by molar-refractivity contribution is 7.88. The van der Waals surface area contributed by atoms with Crippen LogP contribution in [0.5, 0.6) is 0 Å². The molecule has 1 heterocycles. The van der Waals surface area contributed by atoms with Gasteiger partial charge in [0, 0.05) is 19.1 Å². The Kier molecular flexibility index (Phi) is 5.02. The van der Waals surface area contributed by atoms with Crippen molar-refractivity contribution < 1.29 is 8.42 Å². The Labute approximate surface area is 93.1 Å². The van der Waals surface area contributed by atoms with Gasteiger partial charge in [0.15, 0.2) is 0 Å². The third kappa shape index (κ3) is 4.49. The minimum absolute atomic E-state index is 0.358. The van der Waals surface area contributed by atoms with E-state index in [1.807, 2.05) is 0 Å². The fourth-order valence-corrected chi connectivity index (χ4v) is 2.80. The van der Waals surface area contributed by atoms with Gasteiger partial charge in [0.1, 0.15) is 0 Å². The molecule has 1 aliphatic heterocycles. The third-order valence-corrected chi connectivity index (χ3v) is 4.09.